The summed E-state index contributed by atoms with van der Waals surface area (Å²) in [7, 11) is 1.69. The zero-order valence-electron chi connectivity index (χ0n) is 14.3. The van der Waals surface area contributed by atoms with Gasteiger partial charge in [-0.25, -0.2) is 4.99 Å². The number of benzene rings is 2. The van der Waals surface area contributed by atoms with Crippen molar-refractivity contribution in [1.29, 1.82) is 0 Å². The van der Waals surface area contributed by atoms with Crippen molar-refractivity contribution in [1.82, 2.24) is 4.57 Å². The summed E-state index contributed by atoms with van der Waals surface area (Å²) in [5.41, 5.74) is 4.79. The maximum Gasteiger partial charge on any atom is 0.190 e. The number of nitrogens with zero attached hydrogens (tertiary/aromatic N) is 2. The highest BCUT2D eigenvalue weighted by atomic mass is 32.1. The smallest absolute Gasteiger partial charge is 0.190 e. The lowest BCUT2D eigenvalue weighted by Gasteiger charge is -2.07. The first kappa shape index (κ1) is 16.5. The van der Waals surface area contributed by atoms with Crippen LogP contribution in [0.1, 0.15) is 16.8 Å². The van der Waals surface area contributed by atoms with E-state index in [0.717, 1.165) is 29.2 Å². The van der Waals surface area contributed by atoms with Gasteiger partial charge in [0, 0.05) is 17.6 Å². The molecular weight excluding hydrogens is 316 g/mol. The number of ether oxygens (including phenoxy) is 1. The van der Waals surface area contributed by atoms with Gasteiger partial charge in [-0.05, 0) is 55.7 Å². The topological polar surface area (TPSA) is 26.5 Å². The molecule has 0 atom stereocenters. The molecule has 0 unspecified atom stereocenters. The Balaban J connectivity index is 1.82. The maximum atomic E-state index is 5.22. The molecule has 24 heavy (non-hydrogen) atoms. The van der Waals surface area contributed by atoms with Crippen LogP contribution in [0.15, 0.2) is 58.9 Å². The highest BCUT2D eigenvalue weighted by Gasteiger charge is 2.03. The number of hydrogen-bond acceptors (Lipinski definition) is 3. The van der Waals surface area contributed by atoms with Gasteiger partial charge >= 0.3 is 0 Å². The summed E-state index contributed by atoms with van der Waals surface area (Å²) >= 11 is 1.69. The quantitative estimate of drug-likeness (QED) is 0.665. The van der Waals surface area contributed by atoms with Gasteiger partial charge in [0.1, 0.15) is 5.75 Å². The molecule has 0 radical (unpaired) electrons. The maximum absolute atomic E-state index is 5.22. The third-order valence-electron chi connectivity index (χ3n) is 4.00. The van der Waals surface area contributed by atoms with Gasteiger partial charge in [-0.3, -0.25) is 0 Å². The minimum atomic E-state index is 0.897. The van der Waals surface area contributed by atoms with Crippen molar-refractivity contribution < 1.29 is 4.74 Å². The minimum Gasteiger partial charge on any atom is -0.497 e. The predicted octanol–water partition coefficient (Wildman–Crippen LogP) is 4.65. The Hall–Kier alpha value is -2.33. The van der Waals surface area contributed by atoms with E-state index in [1.807, 2.05) is 12.1 Å². The average molecular weight is 338 g/mol. The van der Waals surface area contributed by atoms with Crippen molar-refractivity contribution >= 4 is 17.0 Å². The van der Waals surface area contributed by atoms with Gasteiger partial charge in [-0.1, -0.05) is 24.3 Å². The van der Waals surface area contributed by atoms with Crippen molar-refractivity contribution in [2.45, 2.75) is 26.8 Å². The van der Waals surface area contributed by atoms with E-state index in [2.05, 4.69) is 60.2 Å². The molecule has 0 spiro atoms. The Morgan fingerprint density at radius 2 is 1.88 bits per heavy atom. The third-order valence-corrected chi connectivity index (χ3v) is 4.98. The van der Waals surface area contributed by atoms with Crippen LogP contribution in [0, 0.1) is 13.8 Å². The standard InChI is InChI=1S/C20H22N2OS/c1-15-5-4-6-18(13-15)21-20-22(16(2)14-24-20)12-11-17-7-9-19(23-3)10-8-17/h4-10,13-14H,11-12H2,1-3H3. The van der Waals surface area contributed by atoms with E-state index in [0.29, 0.717) is 0 Å². The lowest BCUT2D eigenvalue weighted by atomic mass is 10.1. The molecule has 0 N–H and O–H groups in total. The summed E-state index contributed by atoms with van der Waals surface area (Å²) in [4.78, 5) is 5.87. The predicted molar refractivity (Wildman–Crippen MR) is 100 cm³/mol. The molecule has 3 aromatic rings. The van der Waals surface area contributed by atoms with Crippen molar-refractivity contribution in [3.63, 3.8) is 0 Å². The first-order chi connectivity index (χ1) is 11.7. The monoisotopic (exact) mass is 338 g/mol. The first-order valence-electron chi connectivity index (χ1n) is 8.05. The molecule has 0 bridgehead atoms. The van der Waals surface area contributed by atoms with E-state index in [4.69, 9.17) is 9.73 Å². The molecule has 2 aromatic carbocycles. The molecule has 1 heterocycles. The van der Waals surface area contributed by atoms with Crippen LogP contribution in [-0.2, 0) is 13.0 Å². The summed E-state index contributed by atoms with van der Waals surface area (Å²) in [5, 5.41) is 2.17. The molecule has 4 heteroatoms. The second kappa shape index (κ2) is 7.49. The van der Waals surface area contributed by atoms with Crippen molar-refractivity contribution in [3.8, 4) is 5.75 Å². The summed E-state index contributed by atoms with van der Waals surface area (Å²) < 4.78 is 7.50. The van der Waals surface area contributed by atoms with Gasteiger partial charge in [0.15, 0.2) is 4.80 Å². The highest BCUT2D eigenvalue weighted by Crippen LogP contribution is 2.15. The second-order valence-electron chi connectivity index (χ2n) is 5.86. The fourth-order valence-corrected chi connectivity index (χ4v) is 3.54. The average Bonchev–Trinajstić information content (AvgIpc) is 2.93. The molecule has 124 valence electrons. The van der Waals surface area contributed by atoms with E-state index >= 15 is 0 Å². The highest BCUT2D eigenvalue weighted by molar-refractivity contribution is 7.07. The van der Waals surface area contributed by atoms with Crippen molar-refractivity contribution in [3.05, 3.63) is 75.5 Å². The van der Waals surface area contributed by atoms with Gasteiger partial charge in [0.2, 0.25) is 0 Å². The Bertz CT molecular complexity index is 875. The molecule has 0 aliphatic rings. The summed E-state index contributed by atoms with van der Waals surface area (Å²) in [6.45, 7) is 5.16. The molecule has 0 saturated heterocycles. The molecule has 3 rings (SSSR count). The molecule has 1 aromatic heterocycles. The summed E-state index contributed by atoms with van der Waals surface area (Å²) in [5.74, 6) is 0.897. The van der Waals surface area contributed by atoms with E-state index in [1.54, 1.807) is 18.4 Å². The Morgan fingerprint density at radius 3 is 2.58 bits per heavy atom. The van der Waals surface area contributed by atoms with Gasteiger partial charge in [0.25, 0.3) is 0 Å². The number of methoxy groups -OCH3 is 1. The summed E-state index contributed by atoms with van der Waals surface area (Å²) in [6, 6.07) is 16.6. The van der Waals surface area contributed by atoms with Gasteiger partial charge in [-0.15, -0.1) is 11.3 Å². The zero-order valence-corrected chi connectivity index (χ0v) is 15.1. The number of hydrogen-bond donors (Lipinski definition) is 0. The van der Waals surface area contributed by atoms with E-state index in [9.17, 15) is 0 Å². The normalized spacial score (nSPS) is 11.7. The SMILES string of the molecule is COc1ccc(CCn2c(C)csc2=Nc2cccc(C)c2)cc1. The van der Waals surface area contributed by atoms with Crippen molar-refractivity contribution in [2.75, 3.05) is 7.11 Å². The second-order valence-corrected chi connectivity index (χ2v) is 6.70. The van der Waals surface area contributed by atoms with E-state index in [-0.39, 0.29) is 0 Å². The van der Waals surface area contributed by atoms with Crippen LogP contribution >= 0.6 is 11.3 Å². The molecular formula is C20H22N2OS. The van der Waals surface area contributed by atoms with Gasteiger partial charge < -0.3 is 9.30 Å². The molecule has 0 amide bonds. The molecule has 3 nitrogen and oxygen atoms in total. The largest absolute Gasteiger partial charge is 0.497 e. The van der Waals surface area contributed by atoms with Crippen molar-refractivity contribution in [2.24, 2.45) is 4.99 Å². The zero-order chi connectivity index (χ0) is 16.9. The van der Waals surface area contributed by atoms with Crippen LogP contribution in [0.4, 0.5) is 5.69 Å². The minimum absolute atomic E-state index is 0.897. The lowest BCUT2D eigenvalue weighted by molar-refractivity contribution is 0.414. The van der Waals surface area contributed by atoms with E-state index < -0.39 is 0 Å². The number of thiazole rings is 1. The van der Waals surface area contributed by atoms with Gasteiger partial charge in [0.05, 0.1) is 12.8 Å². The van der Waals surface area contributed by atoms with Crippen LogP contribution < -0.4 is 9.54 Å². The Labute approximate surface area is 146 Å². The lowest BCUT2D eigenvalue weighted by Crippen LogP contribution is -2.17. The number of rotatable bonds is 5. The fraction of sp³-hybridized carbons (Fsp3) is 0.250. The van der Waals surface area contributed by atoms with Crippen LogP contribution in [-0.4, -0.2) is 11.7 Å². The molecule has 0 saturated carbocycles. The third kappa shape index (κ3) is 3.95. The molecule has 0 fully saturated rings. The Kier molecular flexibility index (Phi) is 5.16. The molecule has 0 aliphatic carbocycles. The summed E-state index contributed by atoms with van der Waals surface area (Å²) in [6.07, 6.45) is 0.975. The first-order valence-corrected chi connectivity index (χ1v) is 8.93. The number of aryl methyl sites for hydroxylation is 3. The number of aromatic nitrogens is 1. The van der Waals surface area contributed by atoms with Gasteiger partial charge in [-0.2, -0.15) is 0 Å². The van der Waals surface area contributed by atoms with E-state index in [1.165, 1.54) is 16.8 Å². The van der Waals surface area contributed by atoms with Crippen LogP contribution in [0.5, 0.6) is 5.75 Å². The van der Waals surface area contributed by atoms with Crippen LogP contribution in [0.3, 0.4) is 0 Å². The van der Waals surface area contributed by atoms with Crippen LogP contribution in [0.2, 0.25) is 0 Å². The fourth-order valence-electron chi connectivity index (χ4n) is 2.62. The Morgan fingerprint density at radius 1 is 1.08 bits per heavy atom. The molecule has 0 aliphatic heterocycles. The van der Waals surface area contributed by atoms with Crippen LogP contribution in [0.25, 0.3) is 0 Å².